The van der Waals surface area contributed by atoms with Gasteiger partial charge in [0.05, 0.1) is 18.5 Å². The lowest BCUT2D eigenvalue weighted by molar-refractivity contribution is 0.504. The van der Waals surface area contributed by atoms with Gasteiger partial charge in [-0.3, -0.25) is 4.40 Å². The van der Waals surface area contributed by atoms with E-state index in [9.17, 15) is 0 Å². The summed E-state index contributed by atoms with van der Waals surface area (Å²) in [6.45, 7) is 0.603. The number of rotatable bonds is 4. The molecular weight excluding hydrogens is 292 g/mol. The number of nitrogens with one attached hydrogen (secondary N) is 1. The van der Waals surface area contributed by atoms with E-state index in [0.29, 0.717) is 18.1 Å². The van der Waals surface area contributed by atoms with Crippen LogP contribution < -0.4 is 5.32 Å². The highest BCUT2D eigenvalue weighted by Gasteiger charge is 2.05. The number of furan rings is 1. The number of hydrogen-bond acceptors (Lipinski definition) is 5. The molecular formula is C13H12N4OS2. The van der Waals surface area contributed by atoms with E-state index in [-0.39, 0.29) is 0 Å². The zero-order valence-electron chi connectivity index (χ0n) is 10.5. The molecule has 0 radical (unpaired) electrons. The lowest BCUT2D eigenvalue weighted by atomic mass is 10.4. The average Bonchev–Trinajstić information content (AvgIpc) is 3.11. The van der Waals surface area contributed by atoms with Crippen molar-refractivity contribution in [2.24, 2.45) is 0 Å². The Balaban J connectivity index is 1.52. The maximum Gasteiger partial charge on any atom is 0.233 e. The van der Waals surface area contributed by atoms with Gasteiger partial charge in [-0.15, -0.1) is 0 Å². The molecule has 0 saturated carbocycles. The molecule has 20 heavy (non-hydrogen) atoms. The standard InChI is InChI=1S/C13H12N4OS2/c19-13(15-7-11-3-1-6-18-11)20-9-10-8-17-5-2-4-14-12(17)16-10/h1-6,8H,7,9H2,(H,15,19). The van der Waals surface area contributed by atoms with Crippen molar-refractivity contribution in [2.75, 3.05) is 0 Å². The van der Waals surface area contributed by atoms with Gasteiger partial charge in [0.1, 0.15) is 10.1 Å². The molecule has 0 bridgehead atoms. The molecule has 3 rings (SSSR count). The van der Waals surface area contributed by atoms with Crippen LogP contribution in [0, 0.1) is 0 Å². The van der Waals surface area contributed by atoms with Crippen LogP contribution in [0.3, 0.4) is 0 Å². The van der Waals surface area contributed by atoms with Crippen molar-refractivity contribution < 1.29 is 4.42 Å². The molecule has 0 fully saturated rings. The first-order chi connectivity index (χ1) is 9.81. The minimum Gasteiger partial charge on any atom is -0.467 e. The fraction of sp³-hybridized carbons (Fsp3) is 0.154. The maximum atomic E-state index is 5.27. The Morgan fingerprint density at radius 1 is 1.45 bits per heavy atom. The highest BCUT2D eigenvalue weighted by atomic mass is 32.2. The number of nitrogens with zero attached hydrogens (tertiary/aromatic N) is 3. The van der Waals surface area contributed by atoms with E-state index in [1.54, 1.807) is 24.2 Å². The monoisotopic (exact) mass is 304 g/mol. The summed E-state index contributed by atoms with van der Waals surface area (Å²) >= 11 is 6.81. The van der Waals surface area contributed by atoms with Crippen molar-refractivity contribution in [2.45, 2.75) is 12.3 Å². The van der Waals surface area contributed by atoms with Gasteiger partial charge in [-0.1, -0.05) is 24.0 Å². The summed E-state index contributed by atoms with van der Waals surface area (Å²) in [5.41, 5.74) is 0.954. The van der Waals surface area contributed by atoms with Crippen LogP contribution in [0.4, 0.5) is 0 Å². The van der Waals surface area contributed by atoms with E-state index in [1.165, 1.54) is 0 Å². The van der Waals surface area contributed by atoms with Crippen LogP contribution in [0.15, 0.2) is 47.5 Å². The average molecular weight is 304 g/mol. The Morgan fingerprint density at radius 2 is 2.40 bits per heavy atom. The third kappa shape index (κ3) is 3.17. The van der Waals surface area contributed by atoms with Crippen LogP contribution in [0.1, 0.15) is 11.5 Å². The number of hydrogen-bond donors (Lipinski definition) is 1. The van der Waals surface area contributed by atoms with Gasteiger partial charge in [0.2, 0.25) is 5.78 Å². The smallest absolute Gasteiger partial charge is 0.233 e. The molecule has 3 aromatic heterocycles. The summed E-state index contributed by atoms with van der Waals surface area (Å²) < 4.78 is 7.86. The fourth-order valence-corrected chi connectivity index (χ4v) is 2.55. The number of thioether (sulfide) groups is 1. The van der Waals surface area contributed by atoms with Gasteiger partial charge in [-0.05, 0) is 18.2 Å². The molecule has 0 unspecified atom stereocenters. The van der Waals surface area contributed by atoms with Crippen LogP contribution in [0.2, 0.25) is 0 Å². The second-order valence-electron chi connectivity index (χ2n) is 4.07. The summed E-state index contributed by atoms with van der Waals surface area (Å²) in [7, 11) is 0. The first-order valence-corrected chi connectivity index (χ1v) is 7.42. The van der Waals surface area contributed by atoms with Crippen molar-refractivity contribution in [1.29, 1.82) is 0 Å². The predicted octanol–water partition coefficient (Wildman–Crippen LogP) is 2.63. The van der Waals surface area contributed by atoms with Crippen LogP contribution >= 0.6 is 24.0 Å². The fourth-order valence-electron chi connectivity index (χ4n) is 1.71. The van der Waals surface area contributed by atoms with Gasteiger partial charge in [-0.2, -0.15) is 0 Å². The molecule has 0 aliphatic carbocycles. The van der Waals surface area contributed by atoms with E-state index in [2.05, 4.69) is 15.3 Å². The molecule has 0 aliphatic heterocycles. The third-order valence-corrected chi connectivity index (χ3v) is 3.97. The molecule has 102 valence electrons. The molecule has 3 heterocycles. The largest absolute Gasteiger partial charge is 0.467 e. The van der Waals surface area contributed by atoms with Crippen LogP contribution in [0.25, 0.3) is 5.78 Å². The minimum atomic E-state index is 0.603. The van der Waals surface area contributed by atoms with E-state index in [0.717, 1.165) is 15.8 Å². The normalized spacial score (nSPS) is 10.8. The number of imidazole rings is 1. The highest BCUT2D eigenvalue weighted by molar-refractivity contribution is 8.22. The summed E-state index contributed by atoms with van der Waals surface area (Å²) in [6.07, 6.45) is 7.27. The van der Waals surface area contributed by atoms with Gasteiger partial charge >= 0.3 is 0 Å². The van der Waals surface area contributed by atoms with Crippen LogP contribution in [0.5, 0.6) is 0 Å². The minimum absolute atomic E-state index is 0.603. The summed E-state index contributed by atoms with van der Waals surface area (Å²) in [5, 5.41) is 3.14. The van der Waals surface area contributed by atoms with Crippen molar-refractivity contribution in [3.63, 3.8) is 0 Å². The van der Waals surface area contributed by atoms with Gasteiger partial charge in [0, 0.05) is 24.3 Å². The van der Waals surface area contributed by atoms with Gasteiger partial charge in [-0.25, -0.2) is 9.97 Å². The molecule has 0 aliphatic rings. The lowest BCUT2D eigenvalue weighted by Crippen LogP contribution is -2.17. The van der Waals surface area contributed by atoms with Gasteiger partial charge in [0.15, 0.2) is 0 Å². The zero-order chi connectivity index (χ0) is 13.8. The molecule has 0 saturated heterocycles. The van der Waals surface area contributed by atoms with Crippen LogP contribution in [-0.2, 0) is 12.3 Å². The molecule has 5 nitrogen and oxygen atoms in total. The Hall–Kier alpha value is -1.86. The summed E-state index contributed by atoms with van der Waals surface area (Å²) in [6, 6.07) is 5.64. The molecule has 0 atom stereocenters. The van der Waals surface area contributed by atoms with Gasteiger partial charge < -0.3 is 9.73 Å². The Labute approximate surface area is 125 Å². The Kier molecular flexibility index (Phi) is 3.98. The number of fused-ring (bicyclic) bond motifs is 1. The molecule has 1 N–H and O–H groups in total. The van der Waals surface area contributed by atoms with Crippen molar-refractivity contribution in [3.8, 4) is 0 Å². The second kappa shape index (κ2) is 6.06. The van der Waals surface area contributed by atoms with Gasteiger partial charge in [0.25, 0.3) is 0 Å². The van der Waals surface area contributed by atoms with E-state index in [1.807, 2.05) is 35.0 Å². The molecule has 0 spiro atoms. The second-order valence-corrected chi connectivity index (χ2v) is 5.72. The predicted molar refractivity (Wildman–Crippen MR) is 82.4 cm³/mol. The third-order valence-electron chi connectivity index (χ3n) is 2.62. The molecule has 7 heteroatoms. The van der Waals surface area contributed by atoms with E-state index in [4.69, 9.17) is 16.6 Å². The Bertz CT molecular complexity index is 675. The zero-order valence-corrected chi connectivity index (χ0v) is 12.2. The molecule has 0 aromatic carbocycles. The quantitative estimate of drug-likeness (QED) is 0.748. The van der Waals surface area contributed by atoms with E-state index < -0.39 is 0 Å². The molecule has 0 amide bonds. The summed E-state index contributed by atoms with van der Waals surface area (Å²) in [4.78, 5) is 8.60. The summed E-state index contributed by atoms with van der Waals surface area (Å²) in [5.74, 6) is 2.29. The van der Waals surface area contributed by atoms with E-state index >= 15 is 0 Å². The maximum absolute atomic E-state index is 5.27. The van der Waals surface area contributed by atoms with Crippen molar-refractivity contribution >= 4 is 34.1 Å². The molecule has 3 aromatic rings. The topological polar surface area (TPSA) is 55.4 Å². The lowest BCUT2D eigenvalue weighted by Gasteiger charge is -2.04. The van der Waals surface area contributed by atoms with Crippen molar-refractivity contribution in [3.05, 3.63) is 54.5 Å². The number of thiocarbonyl (C=S) groups is 1. The first-order valence-electron chi connectivity index (χ1n) is 6.03. The van der Waals surface area contributed by atoms with Crippen LogP contribution in [-0.4, -0.2) is 18.7 Å². The Morgan fingerprint density at radius 3 is 3.20 bits per heavy atom. The van der Waals surface area contributed by atoms with Crippen molar-refractivity contribution in [1.82, 2.24) is 19.7 Å². The number of aromatic nitrogens is 3. The first kappa shape index (κ1) is 13.1. The SMILES string of the molecule is S=C(NCc1ccco1)SCc1cn2cccnc2n1. The highest BCUT2D eigenvalue weighted by Crippen LogP contribution is 2.13.